The molecule has 0 radical (unpaired) electrons. The van der Waals surface area contributed by atoms with Crippen molar-refractivity contribution < 1.29 is 29.0 Å². The number of anilines is 1. The van der Waals surface area contributed by atoms with E-state index in [1.54, 1.807) is 32.0 Å². The predicted octanol–water partition coefficient (Wildman–Crippen LogP) is 3.16. The maximum Gasteiger partial charge on any atom is 0.303 e. The molecule has 0 unspecified atom stereocenters. The Morgan fingerprint density at radius 1 is 0.903 bits per heavy atom. The number of benzene rings is 1. The average molecular weight is 435 g/mol. The predicted molar refractivity (Wildman–Crippen MR) is 119 cm³/mol. The molecule has 0 aromatic heterocycles. The number of aliphatic carboxylic acids is 1. The highest BCUT2D eigenvalue weighted by molar-refractivity contribution is 6.02. The zero-order valence-corrected chi connectivity index (χ0v) is 18.8. The van der Waals surface area contributed by atoms with Crippen molar-refractivity contribution in [2.24, 2.45) is 11.8 Å². The third kappa shape index (κ3) is 10.2. The quantitative estimate of drug-likeness (QED) is 0.286. The van der Waals surface area contributed by atoms with Gasteiger partial charge in [0.05, 0.1) is 13.2 Å². The number of hydrogen-bond acceptors (Lipinski definition) is 6. The van der Waals surface area contributed by atoms with E-state index < -0.39 is 5.97 Å². The van der Waals surface area contributed by atoms with E-state index >= 15 is 0 Å². The summed E-state index contributed by atoms with van der Waals surface area (Å²) in [4.78, 5) is 47.1. The normalized spacial score (nSPS) is 10.9. The standard InChI is InChI=1S/C23H34N2O6/c1-15(2)20(26)7-10-31-11-9-24-19-13-17(22(29)16(3)4)12-18(14-19)23(30)25-8-5-6-21(27)28/h12-16,24H,5-11H2,1-4H3,(H,25,30)(H,27,28). The second-order valence-electron chi connectivity index (χ2n) is 7.98. The number of ketones is 2. The number of carboxylic acids is 1. The number of carbonyl (C=O) groups excluding carboxylic acids is 3. The van der Waals surface area contributed by atoms with Gasteiger partial charge in [-0.05, 0) is 24.6 Å². The molecule has 3 N–H and O–H groups in total. The number of Topliss-reactive ketones (excluding diaryl/α,β-unsaturated/α-hetero) is 2. The minimum absolute atomic E-state index is 0.00310. The first-order chi connectivity index (χ1) is 14.6. The van der Waals surface area contributed by atoms with Crippen molar-refractivity contribution >= 4 is 29.1 Å². The monoisotopic (exact) mass is 434 g/mol. The molecule has 0 aliphatic heterocycles. The number of carboxylic acid groups (broad SMARTS) is 1. The zero-order chi connectivity index (χ0) is 23.4. The molecule has 1 amide bonds. The number of ether oxygens (including phenoxy) is 1. The zero-order valence-electron chi connectivity index (χ0n) is 18.8. The lowest BCUT2D eigenvalue weighted by Crippen LogP contribution is -2.25. The van der Waals surface area contributed by atoms with Crippen molar-refractivity contribution in [2.75, 3.05) is 31.6 Å². The number of hydrogen-bond donors (Lipinski definition) is 3. The first kappa shape index (κ1) is 26.3. The van der Waals surface area contributed by atoms with Crippen LogP contribution in [0.2, 0.25) is 0 Å². The van der Waals surface area contributed by atoms with Crippen LogP contribution in [0.3, 0.4) is 0 Å². The molecular formula is C23H34N2O6. The van der Waals surface area contributed by atoms with Crippen LogP contribution in [0.4, 0.5) is 5.69 Å². The molecule has 0 saturated heterocycles. The van der Waals surface area contributed by atoms with Crippen LogP contribution in [0.5, 0.6) is 0 Å². The Morgan fingerprint density at radius 2 is 1.58 bits per heavy atom. The van der Waals surface area contributed by atoms with Gasteiger partial charge in [0.15, 0.2) is 5.78 Å². The van der Waals surface area contributed by atoms with E-state index in [0.717, 1.165) is 0 Å². The fraction of sp³-hybridized carbons (Fsp3) is 0.565. The largest absolute Gasteiger partial charge is 0.481 e. The van der Waals surface area contributed by atoms with Crippen molar-refractivity contribution in [3.05, 3.63) is 29.3 Å². The van der Waals surface area contributed by atoms with Crippen LogP contribution in [0, 0.1) is 11.8 Å². The Balaban J connectivity index is 2.71. The summed E-state index contributed by atoms with van der Waals surface area (Å²) in [6, 6.07) is 4.89. The van der Waals surface area contributed by atoms with Crippen LogP contribution in [0.1, 0.15) is 67.7 Å². The van der Waals surface area contributed by atoms with E-state index in [0.29, 0.717) is 49.4 Å². The highest BCUT2D eigenvalue weighted by Gasteiger charge is 2.15. The Morgan fingerprint density at radius 3 is 2.19 bits per heavy atom. The van der Waals surface area contributed by atoms with Crippen LogP contribution in [-0.4, -0.2) is 54.9 Å². The summed E-state index contributed by atoms with van der Waals surface area (Å²) >= 11 is 0. The molecule has 0 bridgehead atoms. The molecule has 172 valence electrons. The van der Waals surface area contributed by atoms with Gasteiger partial charge in [0.2, 0.25) is 0 Å². The van der Waals surface area contributed by atoms with Gasteiger partial charge in [-0.15, -0.1) is 0 Å². The number of rotatable bonds is 15. The highest BCUT2D eigenvalue weighted by atomic mass is 16.5. The van der Waals surface area contributed by atoms with Crippen molar-refractivity contribution in [3.8, 4) is 0 Å². The second-order valence-corrected chi connectivity index (χ2v) is 7.98. The lowest BCUT2D eigenvalue weighted by Gasteiger charge is -2.13. The fourth-order valence-corrected chi connectivity index (χ4v) is 2.71. The molecule has 8 nitrogen and oxygen atoms in total. The van der Waals surface area contributed by atoms with Crippen molar-refractivity contribution in [2.45, 2.75) is 47.0 Å². The average Bonchev–Trinajstić information content (AvgIpc) is 2.72. The number of nitrogens with one attached hydrogen (secondary N) is 2. The van der Waals surface area contributed by atoms with E-state index in [-0.39, 0.29) is 42.3 Å². The lowest BCUT2D eigenvalue weighted by atomic mass is 9.98. The molecule has 8 heteroatoms. The Kier molecular flexibility index (Phi) is 11.5. The summed E-state index contributed by atoms with van der Waals surface area (Å²) in [5, 5.41) is 14.5. The lowest BCUT2D eigenvalue weighted by molar-refractivity contribution is -0.137. The third-order valence-electron chi connectivity index (χ3n) is 4.57. The third-order valence-corrected chi connectivity index (χ3v) is 4.57. The van der Waals surface area contributed by atoms with Gasteiger partial charge in [-0.25, -0.2) is 0 Å². The molecule has 0 aliphatic rings. The highest BCUT2D eigenvalue weighted by Crippen LogP contribution is 2.18. The molecule has 0 atom stereocenters. The van der Waals surface area contributed by atoms with E-state index in [1.807, 2.05) is 13.8 Å². The molecule has 31 heavy (non-hydrogen) atoms. The van der Waals surface area contributed by atoms with Crippen LogP contribution in [0.25, 0.3) is 0 Å². The summed E-state index contributed by atoms with van der Waals surface area (Å²) in [7, 11) is 0. The van der Waals surface area contributed by atoms with Gasteiger partial charge in [0.1, 0.15) is 5.78 Å². The maximum absolute atomic E-state index is 12.5. The molecule has 1 aromatic rings. The molecule has 0 fully saturated rings. The summed E-state index contributed by atoms with van der Waals surface area (Å²) in [6.45, 7) is 8.72. The van der Waals surface area contributed by atoms with Crippen molar-refractivity contribution in [1.29, 1.82) is 0 Å². The van der Waals surface area contributed by atoms with E-state index in [1.165, 1.54) is 0 Å². The second kappa shape index (κ2) is 13.5. The summed E-state index contributed by atoms with van der Waals surface area (Å²) in [5.74, 6) is -1.42. The van der Waals surface area contributed by atoms with Gasteiger partial charge in [0.25, 0.3) is 5.91 Å². The van der Waals surface area contributed by atoms with E-state index in [9.17, 15) is 19.2 Å². The molecule has 1 rings (SSSR count). The number of amides is 1. The van der Waals surface area contributed by atoms with Gasteiger partial charge in [-0.2, -0.15) is 0 Å². The van der Waals surface area contributed by atoms with Crippen molar-refractivity contribution in [3.63, 3.8) is 0 Å². The smallest absolute Gasteiger partial charge is 0.303 e. The van der Waals surface area contributed by atoms with Gasteiger partial charge >= 0.3 is 5.97 Å². The minimum Gasteiger partial charge on any atom is -0.481 e. The molecular weight excluding hydrogens is 400 g/mol. The van der Waals surface area contributed by atoms with Crippen LogP contribution in [0.15, 0.2) is 18.2 Å². The molecule has 1 aromatic carbocycles. The number of carbonyl (C=O) groups is 4. The Hall–Kier alpha value is -2.74. The van der Waals surface area contributed by atoms with Gasteiger partial charge in [0, 0.05) is 54.6 Å². The van der Waals surface area contributed by atoms with Crippen LogP contribution >= 0.6 is 0 Å². The fourth-order valence-electron chi connectivity index (χ4n) is 2.71. The Labute approximate surface area is 183 Å². The van der Waals surface area contributed by atoms with Crippen molar-refractivity contribution in [1.82, 2.24) is 5.32 Å². The summed E-state index contributed by atoms with van der Waals surface area (Å²) in [5.41, 5.74) is 1.37. The first-order valence-electron chi connectivity index (χ1n) is 10.7. The van der Waals surface area contributed by atoms with Gasteiger partial charge < -0.3 is 20.5 Å². The van der Waals surface area contributed by atoms with E-state index in [4.69, 9.17) is 9.84 Å². The topological polar surface area (TPSA) is 122 Å². The van der Waals surface area contributed by atoms with Gasteiger partial charge in [-0.1, -0.05) is 27.7 Å². The van der Waals surface area contributed by atoms with Crippen LogP contribution < -0.4 is 10.6 Å². The molecule has 0 aliphatic carbocycles. The Bertz CT molecular complexity index is 773. The first-order valence-corrected chi connectivity index (χ1v) is 10.7. The molecule has 0 saturated carbocycles. The van der Waals surface area contributed by atoms with E-state index in [2.05, 4.69) is 10.6 Å². The maximum atomic E-state index is 12.5. The minimum atomic E-state index is -0.916. The molecule has 0 spiro atoms. The SMILES string of the molecule is CC(C)C(=O)CCOCCNc1cc(C(=O)NCCCC(=O)O)cc(C(=O)C(C)C)c1. The summed E-state index contributed by atoms with van der Waals surface area (Å²) < 4.78 is 5.48. The molecule has 0 heterocycles. The van der Waals surface area contributed by atoms with Gasteiger partial charge in [-0.3, -0.25) is 19.2 Å². The summed E-state index contributed by atoms with van der Waals surface area (Å²) in [6.07, 6.45) is 0.678. The van der Waals surface area contributed by atoms with Crippen LogP contribution in [-0.2, 0) is 14.3 Å².